The lowest BCUT2D eigenvalue weighted by Crippen LogP contribution is -2.11. The van der Waals surface area contributed by atoms with Gasteiger partial charge >= 0.3 is 0 Å². The minimum atomic E-state index is -0.350. The first-order valence-electron chi connectivity index (χ1n) is 4.27. The van der Waals surface area contributed by atoms with Crippen molar-refractivity contribution in [3.63, 3.8) is 0 Å². The molecule has 0 spiro atoms. The van der Waals surface area contributed by atoms with Crippen molar-refractivity contribution in [1.29, 1.82) is 0 Å². The van der Waals surface area contributed by atoms with Crippen molar-refractivity contribution in [3.8, 4) is 0 Å². The number of fused-ring (bicyclic) bond motifs is 1. The molecule has 1 aromatic carbocycles. The van der Waals surface area contributed by atoms with Crippen molar-refractivity contribution < 1.29 is 4.79 Å². The molecule has 2 rings (SSSR count). The number of hydrogen-bond donors (Lipinski definition) is 1. The summed E-state index contributed by atoms with van der Waals surface area (Å²) < 4.78 is 0. The summed E-state index contributed by atoms with van der Waals surface area (Å²) in [4.78, 5) is 13.1. The predicted octanol–water partition coefficient (Wildman–Crippen LogP) is 0.731. The molecule has 0 atom stereocenters. The monoisotopic (exact) mass is 176 g/mol. The van der Waals surface area contributed by atoms with Gasteiger partial charge < -0.3 is 5.73 Å². The second kappa shape index (κ2) is 2.85. The number of nitrogens with two attached hydrogens (primary N) is 1. The third kappa shape index (κ3) is 1.42. The van der Waals surface area contributed by atoms with Crippen LogP contribution in [0, 0.1) is 0 Å². The highest BCUT2D eigenvalue weighted by molar-refractivity contribution is 5.93. The van der Waals surface area contributed by atoms with E-state index in [0.29, 0.717) is 5.56 Å². The van der Waals surface area contributed by atoms with Gasteiger partial charge in [-0.1, -0.05) is 6.07 Å². The Labute approximate surface area is 77.1 Å². The van der Waals surface area contributed by atoms with E-state index < -0.39 is 0 Å². The van der Waals surface area contributed by atoms with Crippen LogP contribution in [0.15, 0.2) is 18.2 Å². The van der Waals surface area contributed by atoms with Gasteiger partial charge in [0.25, 0.3) is 0 Å². The fourth-order valence-electron chi connectivity index (χ4n) is 1.72. The zero-order chi connectivity index (χ0) is 9.42. The van der Waals surface area contributed by atoms with Gasteiger partial charge in [-0.05, 0) is 30.3 Å². The Balaban J connectivity index is 2.40. The maximum atomic E-state index is 10.9. The largest absolute Gasteiger partial charge is 0.366 e. The van der Waals surface area contributed by atoms with Crippen molar-refractivity contribution >= 4 is 5.91 Å². The highest BCUT2D eigenvalue weighted by atomic mass is 16.1. The predicted molar refractivity (Wildman–Crippen MR) is 50.1 cm³/mol. The lowest BCUT2D eigenvalue weighted by molar-refractivity contribution is 0.1000. The van der Waals surface area contributed by atoms with E-state index in [1.807, 2.05) is 12.1 Å². The van der Waals surface area contributed by atoms with Crippen LogP contribution >= 0.6 is 0 Å². The highest BCUT2D eigenvalue weighted by Crippen LogP contribution is 2.21. The van der Waals surface area contributed by atoms with Crippen LogP contribution < -0.4 is 5.73 Å². The molecule has 1 amide bonds. The van der Waals surface area contributed by atoms with Crippen LogP contribution in [-0.4, -0.2) is 17.9 Å². The van der Waals surface area contributed by atoms with Crippen molar-refractivity contribution in [1.82, 2.24) is 4.90 Å². The van der Waals surface area contributed by atoms with Gasteiger partial charge in [-0.3, -0.25) is 9.69 Å². The van der Waals surface area contributed by atoms with E-state index >= 15 is 0 Å². The summed E-state index contributed by atoms with van der Waals surface area (Å²) in [5.41, 5.74) is 8.32. The fourth-order valence-corrected chi connectivity index (χ4v) is 1.72. The van der Waals surface area contributed by atoms with Crippen LogP contribution in [0.1, 0.15) is 21.5 Å². The smallest absolute Gasteiger partial charge is 0.248 e. The summed E-state index contributed by atoms with van der Waals surface area (Å²) in [5.74, 6) is -0.350. The molecule has 1 aromatic rings. The Morgan fingerprint density at radius 1 is 1.38 bits per heavy atom. The van der Waals surface area contributed by atoms with E-state index in [2.05, 4.69) is 11.9 Å². The number of hydrogen-bond acceptors (Lipinski definition) is 2. The zero-order valence-corrected chi connectivity index (χ0v) is 7.58. The molecule has 0 saturated heterocycles. The molecule has 1 aliphatic rings. The second-order valence-corrected chi connectivity index (χ2v) is 3.52. The molecule has 0 fully saturated rings. The van der Waals surface area contributed by atoms with Gasteiger partial charge in [0, 0.05) is 18.7 Å². The molecule has 0 bridgehead atoms. The molecule has 0 unspecified atom stereocenters. The Morgan fingerprint density at radius 3 is 2.77 bits per heavy atom. The summed E-state index contributed by atoms with van der Waals surface area (Å²) in [7, 11) is 2.06. The van der Waals surface area contributed by atoms with Gasteiger partial charge in [0.2, 0.25) is 5.91 Å². The average Bonchev–Trinajstić information content (AvgIpc) is 2.42. The number of benzene rings is 1. The van der Waals surface area contributed by atoms with E-state index in [1.165, 1.54) is 11.1 Å². The van der Waals surface area contributed by atoms with Crippen molar-refractivity contribution in [2.24, 2.45) is 5.73 Å². The maximum absolute atomic E-state index is 10.9. The molecule has 2 N–H and O–H groups in total. The van der Waals surface area contributed by atoms with Crippen molar-refractivity contribution in [2.45, 2.75) is 13.1 Å². The maximum Gasteiger partial charge on any atom is 0.248 e. The Bertz CT molecular complexity index is 360. The topological polar surface area (TPSA) is 46.3 Å². The molecule has 3 heteroatoms. The van der Waals surface area contributed by atoms with Gasteiger partial charge in [-0.15, -0.1) is 0 Å². The van der Waals surface area contributed by atoms with E-state index in [4.69, 9.17) is 5.73 Å². The summed E-state index contributed by atoms with van der Waals surface area (Å²) in [6.07, 6.45) is 0. The molecular weight excluding hydrogens is 164 g/mol. The summed E-state index contributed by atoms with van der Waals surface area (Å²) in [6.45, 7) is 1.88. The highest BCUT2D eigenvalue weighted by Gasteiger charge is 2.16. The van der Waals surface area contributed by atoms with Crippen molar-refractivity contribution in [2.75, 3.05) is 7.05 Å². The molecule has 1 aliphatic heterocycles. The van der Waals surface area contributed by atoms with E-state index in [1.54, 1.807) is 6.07 Å². The zero-order valence-electron chi connectivity index (χ0n) is 7.58. The number of nitrogens with zero attached hydrogens (tertiary/aromatic N) is 1. The molecule has 68 valence electrons. The molecule has 3 nitrogen and oxygen atoms in total. The van der Waals surface area contributed by atoms with Gasteiger partial charge in [0.15, 0.2) is 0 Å². The first kappa shape index (κ1) is 8.26. The summed E-state index contributed by atoms with van der Waals surface area (Å²) in [5, 5.41) is 0. The Morgan fingerprint density at radius 2 is 2.08 bits per heavy atom. The van der Waals surface area contributed by atoms with Gasteiger partial charge in [0.05, 0.1) is 0 Å². The summed E-state index contributed by atoms with van der Waals surface area (Å²) in [6, 6.07) is 5.67. The van der Waals surface area contributed by atoms with Crippen LogP contribution in [0.25, 0.3) is 0 Å². The average molecular weight is 176 g/mol. The molecule has 0 aliphatic carbocycles. The quantitative estimate of drug-likeness (QED) is 0.685. The van der Waals surface area contributed by atoms with Crippen LogP contribution in [0.5, 0.6) is 0 Å². The van der Waals surface area contributed by atoms with E-state index in [0.717, 1.165) is 13.1 Å². The lowest BCUT2D eigenvalue weighted by atomic mass is 10.1. The third-order valence-electron chi connectivity index (χ3n) is 2.37. The minimum absolute atomic E-state index is 0.350. The molecule has 0 aromatic heterocycles. The first-order chi connectivity index (χ1) is 6.16. The Kier molecular flexibility index (Phi) is 1.81. The number of amides is 1. The molecule has 13 heavy (non-hydrogen) atoms. The van der Waals surface area contributed by atoms with E-state index in [9.17, 15) is 4.79 Å². The molecular formula is C10H12N2O. The minimum Gasteiger partial charge on any atom is -0.366 e. The number of rotatable bonds is 1. The third-order valence-corrected chi connectivity index (χ3v) is 2.37. The number of primary amides is 1. The van der Waals surface area contributed by atoms with Gasteiger partial charge in [-0.25, -0.2) is 0 Å². The van der Waals surface area contributed by atoms with Crippen molar-refractivity contribution in [3.05, 3.63) is 34.9 Å². The van der Waals surface area contributed by atoms with E-state index in [-0.39, 0.29) is 5.91 Å². The molecule has 0 radical (unpaired) electrons. The number of carbonyl (C=O) groups excluding carboxylic acids is 1. The summed E-state index contributed by atoms with van der Waals surface area (Å²) >= 11 is 0. The Hall–Kier alpha value is -1.35. The normalized spacial score (nSPS) is 15.8. The SMILES string of the molecule is CN1Cc2ccc(C(N)=O)cc2C1. The second-order valence-electron chi connectivity index (χ2n) is 3.52. The molecule has 1 heterocycles. The van der Waals surface area contributed by atoms with Crippen LogP contribution in [0.2, 0.25) is 0 Å². The molecule has 0 saturated carbocycles. The van der Waals surface area contributed by atoms with Gasteiger partial charge in [-0.2, -0.15) is 0 Å². The van der Waals surface area contributed by atoms with Crippen LogP contribution in [0.3, 0.4) is 0 Å². The first-order valence-corrected chi connectivity index (χ1v) is 4.27. The lowest BCUT2D eigenvalue weighted by Gasteiger charge is -2.02. The fraction of sp³-hybridized carbons (Fsp3) is 0.300. The van der Waals surface area contributed by atoms with Crippen LogP contribution in [-0.2, 0) is 13.1 Å². The van der Waals surface area contributed by atoms with Gasteiger partial charge in [0.1, 0.15) is 0 Å². The standard InChI is InChI=1S/C10H12N2O/c1-12-5-8-3-2-7(10(11)13)4-9(8)6-12/h2-4H,5-6H2,1H3,(H2,11,13). The van der Waals surface area contributed by atoms with Crippen LogP contribution in [0.4, 0.5) is 0 Å². The number of carbonyl (C=O) groups is 1.